The van der Waals surface area contributed by atoms with Crippen molar-refractivity contribution in [3.63, 3.8) is 0 Å². The second-order valence-electron chi connectivity index (χ2n) is 4.16. The highest BCUT2D eigenvalue weighted by molar-refractivity contribution is 5.43. The molecule has 2 heterocycles. The van der Waals surface area contributed by atoms with E-state index < -0.39 is 0 Å². The lowest BCUT2D eigenvalue weighted by atomic mass is 10.1. The average molecular weight is 206 g/mol. The Morgan fingerprint density at radius 2 is 1.93 bits per heavy atom. The number of anilines is 2. The molecule has 82 valence electrons. The van der Waals surface area contributed by atoms with Crippen LogP contribution in [-0.2, 0) is 0 Å². The summed E-state index contributed by atoms with van der Waals surface area (Å²) in [6.45, 7) is 2.26. The quantitative estimate of drug-likeness (QED) is 0.734. The number of hydrogen-bond acceptors (Lipinski definition) is 4. The van der Waals surface area contributed by atoms with Gasteiger partial charge in [-0.25, -0.2) is 4.98 Å². The summed E-state index contributed by atoms with van der Waals surface area (Å²) in [6.07, 6.45) is 5.75. The van der Waals surface area contributed by atoms with Crippen molar-refractivity contribution in [2.75, 3.05) is 37.0 Å². The maximum Gasteiger partial charge on any atom is 0.226 e. The lowest BCUT2D eigenvalue weighted by Gasteiger charge is -2.28. The van der Waals surface area contributed by atoms with Crippen LogP contribution in [0.15, 0.2) is 12.3 Å². The van der Waals surface area contributed by atoms with Crippen LogP contribution in [0.2, 0.25) is 0 Å². The molecule has 0 aromatic carbocycles. The van der Waals surface area contributed by atoms with E-state index in [-0.39, 0.29) is 0 Å². The van der Waals surface area contributed by atoms with E-state index in [1.54, 1.807) is 0 Å². The van der Waals surface area contributed by atoms with E-state index in [1.165, 1.54) is 19.3 Å². The van der Waals surface area contributed by atoms with E-state index in [0.29, 0.717) is 0 Å². The van der Waals surface area contributed by atoms with E-state index in [0.717, 1.165) is 24.9 Å². The predicted molar refractivity (Wildman–Crippen MR) is 62.4 cm³/mol. The van der Waals surface area contributed by atoms with Crippen molar-refractivity contribution in [1.82, 2.24) is 9.97 Å². The molecule has 0 atom stereocenters. The molecule has 0 radical (unpaired) electrons. The maximum absolute atomic E-state index is 4.54. The molecule has 0 spiro atoms. The minimum atomic E-state index is 0.790. The van der Waals surface area contributed by atoms with Gasteiger partial charge in [0.2, 0.25) is 5.95 Å². The van der Waals surface area contributed by atoms with Gasteiger partial charge in [-0.05, 0) is 25.3 Å². The van der Waals surface area contributed by atoms with Gasteiger partial charge in [0.05, 0.1) is 0 Å². The highest BCUT2D eigenvalue weighted by Gasteiger charge is 2.12. The summed E-state index contributed by atoms with van der Waals surface area (Å²) in [5, 5.41) is 0. The van der Waals surface area contributed by atoms with Crippen molar-refractivity contribution in [3.05, 3.63) is 12.3 Å². The standard InChI is InChI=1S/C11H18N4/c1-14(2)11-12-7-6-10(13-11)15-8-4-3-5-9-15/h6-7H,3-5,8-9H2,1-2H3. The molecule has 4 nitrogen and oxygen atoms in total. The van der Waals surface area contributed by atoms with E-state index in [4.69, 9.17) is 0 Å². The van der Waals surface area contributed by atoms with Crippen LogP contribution in [0, 0.1) is 0 Å². The summed E-state index contributed by atoms with van der Waals surface area (Å²) in [6, 6.07) is 2.00. The van der Waals surface area contributed by atoms with Gasteiger partial charge in [-0.2, -0.15) is 4.98 Å². The third kappa shape index (κ3) is 2.37. The van der Waals surface area contributed by atoms with Crippen molar-refractivity contribution in [2.45, 2.75) is 19.3 Å². The fraction of sp³-hybridized carbons (Fsp3) is 0.636. The van der Waals surface area contributed by atoms with Gasteiger partial charge >= 0.3 is 0 Å². The van der Waals surface area contributed by atoms with Gasteiger partial charge in [-0.1, -0.05) is 0 Å². The Morgan fingerprint density at radius 1 is 1.20 bits per heavy atom. The summed E-state index contributed by atoms with van der Waals surface area (Å²) in [5.41, 5.74) is 0. The number of rotatable bonds is 2. The maximum atomic E-state index is 4.54. The van der Waals surface area contributed by atoms with Crippen LogP contribution >= 0.6 is 0 Å². The molecule has 1 aliphatic rings. The molecule has 1 aromatic heterocycles. The largest absolute Gasteiger partial charge is 0.356 e. The molecule has 2 rings (SSSR count). The predicted octanol–water partition coefficient (Wildman–Crippen LogP) is 1.53. The van der Waals surface area contributed by atoms with Crippen molar-refractivity contribution in [1.29, 1.82) is 0 Å². The molecule has 0 aliphatic carbocycles. The first kappa shape index (κ1) is 10.2. The van der Waals surface area contributed by atoms with Gasteiger partial charge < -0.3 is 9.80 Å². The lowest BCUT2D eigenvalue weighted by molar-refractivity contribution is 0.573. The minimum absolute atomic E-state index is 0.790. The fourth-order valence-electron chi connectivity index (χ4n) is 1.85. The van der Waals surface area contributed by atoms with Crippen molar-refractivity contribution < 1.29 is 0 Å². The highest BCUT2D eigenvalue weighted by atomic mass is 15.3. The molecule has 15 heavy (non-hydrogen) atoms. The number of hydrogen-bond donors (Lipinski definition) is 0. The first-order valence-electron chi connectivity index (χ1n) is 5.53. The Hall–Kier alpha value is -1.32. The summed E-state index contributed by atoms with van der Waals surface area (Å²) in [7, 11) is 3.94. The van der Waals surface area contributed by atoms with Crippen LogP contribution < -0.4 is 9.80 Å². The zero-order valence-corrected chi connectivity index (χ0v) is 9.48. The summed E-state index contributed by atoms with van der Waals surface area (Å²) in [4.78, 5) is 13.0. The number of nitrogens with zero attached hydrogens (tertiary/aromatic N) is 4. The lowest BCUT2D eigenvalue weighted by Crippen LogP contribution is -2.30. The molecule has 0 amide bonds. The van der Waals surface area contributed by atoms with E-state index in [1.807, 2.05) is 31.3 Å². The Kier molecular flexibility index (Phi) is 3.04. The molecular weight excluding hydrogens is 188 g/mol. The van der Waals surface area contributed by atoms with Crippen molar-refractivity contribution in [2.24, 2.45) is 0 Å². The van der Waals surface area contributed by atoms with Gasteiger partial charge in [-0.3, -0.25) is 0 Å². The van der Waals surface area contributed by atoms with Gasteiger partial charge in [0.1, 0.15) is 5.82 Å². The molecule has 0 saturated carbocycles. The van der Waals surface area contributed by atoms with Crippen LogP contribution in [0.5, 0.6) is 0 Å². The first-order valence-corrected chi connectivity index (χ1v) is 5.53. The minimum Gasteiger partial charge on any atom is -0.356 e. The fourth-order valence-corrected chi connectivity index (χ4v) is 1.85. The first-order chi connectivity index (χ1) is 7.27. The Labute approximate surface area is 90.9 Å². The van der Waals surface area contributed by atoms with Crippen LogP contribution in [0.3, 0.4) is 0 Å². The van der Waals surface area contributed by atoms with E-state index >= 15 is 0 Å². The summed E-state index contributed by atoms with van der Waals surface area (Å²) < 4.78 is 0. The second kappa shape index (κ2) is 4.47. The second-order valence-corrected chi connectivity index (χ2v) is 4.16. The SMILES string of the molecule is CN(C)c1nccc(N2CCCCC2)n1. The number of piperidine rings is 1. The monoisotopic (exact) mass is 206 g/mol. The third-order valence-electron chi connectivity index (χ3n) is 2.71. The average Bonchev–Trinajstić information content (AvgIpc) is 2.30. The highest BCUT2D eigenvalue weighted by Crippen LogP contribution is 2.18. The van der Waals surface area contributed by atoms with E-state index in [9.17, 15) is 0 Å². The van der Waals surface area contributed by atoms with Gasteiger partial charge in [0.25, 0.3) is 0 Å². The van der Waals surface area contributed by atoms with Crippen LogP contribution in [0.25, 0.3) is 0 Å². The normalized spacial score (nSPS) is 16.5. The van der Waals surface area contributed by atoms with Crippen LogP contribution in [0.1, 0.15) is 19.3 Å². The summed E-state index contributed by atoms with van der Waals surface area (Å²) in [5.74, 6) is 1.85. The Bertz CT molecular complexity index is 318. The van der Waals surface area contributed by atoms with Crippen LogP contribution in [-0.4, -0.2) is 37.2 Å². The van der Waals surface area contributed by atoms with Crippen LogP contribution in [0.4, 0.5) is 11.8 Å². The molecule has 1 saturated heterocycles. The summed E-state index contributed by atoms with van der Waals surface area (Å²) >= 11 is 0. The molecule has 0 unspecified atom stereocenters. The van der Waals surface area contributed by atoms with Crippen molar-refractivity contribution in [3.8, 4) is 0 Å². The molecule has 1 aromatic rings. The topological polar surface area (TPSA) is 32.3 Å². The Balaban J connectivity index is 2.16. The zero-order chi connectivity index (χ0) is 10.7. The zero-order valence-electron chi connectivity index (χ0n) is 9.48. The number of aromatic nitrogens is 2. The molecule has 1 aliphatic heterocycles. The van der Waals surface area contributed by atoms with Crippen molar-refractivity contribution >= 4 is 11.8 Å². The third-order valence-corrected chi connectivity index (χ3v) is 2.71. The smallest absolute Gasteiger partial charge is 0.226 e. The van der Waals surface area contributed by atoms with E-state index in [2.05, 4.69) is 14.9 Å². The molecule has 4 heteroatoms. The van der Waals surface area contributed by atoms with Gasteiger partial charge in [0, 0.05) is 33.4 Å². The van der Waals surface area contributed by atoms with Gasteiger partial charge in [0.15, 0.2) is 0 Å². The van der Waals surface area contributed by atoms with Gasteiger partial charge in [-0.15, -0.1) is 0 Å². The molecule has 1 fully saturated rings. The Morgan fingerprint density at radius 3 is 2.60 bits per heavy atom. The molecule has 0 bridgehead atoms. The molecular formula is C11H18N4. The molecule has 0 N–H and O–H groups in total.